The number of nitrogens with zero attached hydrogens (tertiary/aromatic N) is 3. The van der Waals surface area contributed by atoms with Gasteiger partial charge in [-0.2, -0.15) is 4.98 Å². The molecule has 0 saturated heterocycles. The molecule has 0 fully saturated rings. The molecule has 1 aliphatic rings. The van der Waals surface area contributed by atoms with Crippen LogP contribution in [-0.2, 0) is 19.5 Å². The maximum absolute atomic E-state index is 12.8. The molecular formula is C23H25N3O3. The Morgan fingerprint density at radius 2 is 1.79 bits per heavy atom. The Morgan fingerprint density at radius 3 is 2.48 bits per heavy atom. The molecule has 0 bridgehead atoms. The largest absolute Gasteiger partial charge is 0.493 e. The van der Waals surface area contributed by atoms with Gasteiger partial charge in [0.15, 0.2) is 11.5 Å². The minimum atomic E-state index is -0.218. The monoisotopic (exact) mass is 391 g/mol. The first-order valence-corrected chi connectivity index (χ1v) is 9.80. The fourth-order valence-electron chi connectivity index (χ4n) is 3.85. The lowest BCUT2D eigenvalue weighted by Crippen LogP contribution is -2.32. The van der Waals surface area contributed by atoms with Gasteiger partial charge in [-0.1, -0.05) is 30.3 Å². The first-order valence-electron chi connectivity index (χ1n) is 9.80. The van der Waals surface area contributed by atoms with Crippen molar-refractivity contribution in [3.63, 3.8) is 0 Å². The van der Waals surface area contributed by atoms with E-state index in [-0.39, 0.29) is 5.69 Å². The summed E-state index contributed by atoms with van der Waals surface area (Å²) in [6.07, 6.45) is 0.755. The van der Waals surface area contributed by atoms with Gasteiger partial charge in [-0.05, 0) is 36.6 Å². The summed E-state index contributed by atoms with van der Waals surface area (Å²) in [5, 5.41) is 0. The van der Waals surface area contributed by atoms with E-state index in [0.717, 1.165) is 29.8 Å². The molecule has 0 amide bonds. The van der Waals surface area contributed by atoms with Crippen LogP contribution in [0.3, 0.4) is 0 Å². The van der Waals surface area contributed by atoms with E-state index in [0.29, 0.717) is 30.4 Å². The van der Waals surface area contributed by atoms with E-state index in [9.17, 15) is 4.79 Å². The lowest BCUT2D eigenvalue weighted by Gasteiger charge is -2.26. The Morgan fingerprint density at radius 1 is 1.07 bits per heavy atom. The normalized spacial score (nSPS) is 12.1. The maximum atomic E-state index is 12.8. The molecule has 3 aromatic rings. The first-order chi connectivity index (χ1) is 14.1. The van der Waals surface area contributed by atoms with Gasteiger partial charge in [0.1, 0.15) is 5.82 Å². The van der Waals surface area contributed by atoms with E-state index >= 15 is 0 Å². The van der Waals surface area contributed by atoms with Gasteiger partial charge in [0.25, 0.3) is 0 Å². The highest BCUT2D eigenvalue weighted by Crippen LogP contribution is 2.38. The van der Waals surface area contributed by atoms with Crippen molar-refractivity contribution in [1.82, 2.24) is 9.55 Å². The number of hydrogen-bond acceptors (Lipinski definition) is 5. The van der Waals surface area contributed by atoms with Crippen LogP contribution in [0.4, 0.5) is 5.82 Å². The van der Waals surface area contributed by atoms with E-state index in [1.807, 2.05) is 36.4 Å². The zero-order valence-corrected chi connectivity index (χ0v) is 17.0. The highest BCUT2D eigenvalue weighted by molar-refractivity contribution is 5.72. The number of methoxy groups -OCH3 is 2. The highest BCUT2D eigenvalue weighted by atomic mass is 16.5. The molecule has 6 heteroatoms. The smallest absolute Gasteiger partial charge is 0.350 e. The fourth-order valence-corrected chi connectivity index (χ4v) is 3.85. The van der Waals surface area contributed by atoms with E-state index in [1.165, 1.54) is 5.56 Å². The number of hydrogen-bond donors (Lipinski definition) is 0. The second kappa shape index (κ2) is 7.99. The third-order valence-corrected chi connectivity index (χ3v) is 5.41. The minimum absolute atomic E-state index is 0.218. The summed E-state index contributed by atoms with van der Waals surface area (Å²) in [6, 6.07) is 16.2. The van der Waals surface area contributed by atoms with Gasteiger partial charge in [-0.3, -0.25) is 4.57 Å². The van der Waals surface area contributed by atoms with Crippen LogP contribution in [0.5, 0.6) is 11.5 Å². The van der Waals surface area contributed by atoms with Crippen molar-refractivity contribution in [1.29, 1.82) is 0 Å². The number of fused-ring (bicyclic) bond motifs is 3. The molecule has 1 aliphatic heterocycles. The number of aromatic nitrogens is 2. The summed E-state index contributed by atoms with van der Waals surface area (Å²) in [5.41, 5.74) is 3.97. The summed E-state index contributed by atoms with van der Waals surface area (Å²) in [5.74, 6) is 2.05. The van der Waals surface area contributed by atoms with E-state index < -0.39 is 0 Å². The van der Waals surface area contributed by atoms with E-state index in [1.54, 1.807) is 18.8 Å². The van der Waals surface area contributed by atoms with Crippen molar-refractivity contribution in [3.8, 4) is 22.8 Å². The summed E-state index contributed by atoms with van der Waals surface area (Å²) in [7, 11) is 3.26. The molecule has 29 heavy (non-hydrogen) atoms. The van der Waals surface area contributed by atoms with Crippen LogP contribution in [0.25, 0.3) is 11.3 Å². The molecule has 0 radical (unpaired) electrons. The summed E-state index contributed by atoms with van der Waals surface area (Å²) in [4.78, 5) is 19.3. The van der Waals surface area contributed by atoms with Crippen molar-refractivity contribution < 1.29 is 9.47 Å². The molecule has 0 N–H and O–H groups in total. The van der Waals surface area contributed by atoms with Crippen LogP contribution in [0.1, 0.15) is 18.1 Å². The zero-order valence-electron chi connectivity index (χ0n) is 17.0. The number of ether oxygens (including phenoxy) is 2. The quantitative estimate of drug-likeness (QED) is 0.644. The Labute approximate surface area is 170 Å². The van der Waals surface area contributed by atoms with Crippen molar-refractivity contribution >= 4 is 5.82 Å². The predicted octanol–water partition coefficient (Wildman–Crippen LogP) is 3.51. The molecule has 0 unspecified atom stereocenters. The molecule has 1 aromatic heterocycles. The lowest BCUT2D eigenvalue weighted by atomic mass is 9.96. The topological polar surface area (TPSA) is 56.6 Å². The first kappa shape index (κ1) is 19.1. The number of aryl methyl sites for hydroxylation is 1. The van der Waals surface area contributed by atoms with Crippen molar-refractivity contribution in [2.45, 2.75) is 26.4 Å². The maximum Gasteiger partial charge on any atom is 0.350 e. The Kier molecular flexibility index (Phi) is 5.25. The second-order valence-electron chi connectivity index (χ2n) is 7.05. The van der Waals surface area contributed by atoms with Gasteiger partial charge < -0.3 is 14.4 Å². The zero-order chi connectivity index (χ0) is 20.4. The molecule has 150 valence electrons. The molecule has 4 rings (SSSR count). The van der Waals surface area contributed by atoms with Crippen LogP contribution in [0.2, 0.25) is 0 Å². The summed E-state index contributed by atoms with van der Waals surface area (Å²) < 4.78 is 12.7. The minimum Gasteiger partial charge on any atom is -0.493 e. The average molecular weight is 391 g/mol. The molecule has 0 saturated carbocycles. The van der Waals surface area contributed by atoms with Crippen LogP contribution < -0.4 is 20.1 Å². The predicted molar refractivity (Wildman–Crippen MR) is 114 cm³/mol. The van der Waals surface area contributed by atoms with Gasteiger partial charge in [0.05, 0.1) is 19.9 Å². The Hall–Kier alpha value is -3.28. The Balaban J connectivity index is 1.80. The van der Waals surface area contributed by atoms with Crippen LogP contribution in [0, 0.1) is 0 Å². The lowest BCUT2D eigenvalue weighted by molar-refractivity contribution is 0.354. The van der Waals surface area contributed by atoms with Gasteiger partial charge in [0.2, 0.25) is 0 Å². The van der Waals surface area contributed by atoms with Crippen LogP contribution in [0.15, 0.2) is 53.3 Å². The van der Waals surface area contributed by atoms with Crippen LogP contribution >= 0.6 is 0 Å². The van der Waals surface area contributed by atoms with E-state index in [2.05, 4.69) is 28.9 Å². The molecule has 2 aromatic carbocycles. The number of benzene rings is 2. The fraction of sp³-hybridized carbons (Fsp3) is 0.304. The van der Waals surface area contributed by atoms with Gasteiger partial charge in [0, 0.05) is 31.3 Å². The SMILES string of the molecule is CCN(Cc1ccccc1)c1cc2n(c(=O)n1)CCc1cc(OC)c(OC)cc1-2. The van der Waals surface area contributed by atoms with Gasteiger partial charge in [-0.25, -0.2) is 4.79 Å². The van der Waals surface area contributed by atoms with Crippen molar-refractivity contribution in [2.75, 3.05) is 25.7 Å². The summed E-state index contributed by atoms with van der Waals surface area (Å²) in [6.45, 7) is 4.13. The average Bonchev–Trinajstić information content (AvgIpc) is 2.76. The standard InChI is InChI=1S/C23H25N3O3/c1-4-25(15-16-8-6-5-7-9-16)22-14-19-18-13-21(29-3)20(28-2)12-17(18)10-11-26(19)23(27)24-22/h5-9,12-14H,4,10-11,15H2,1-3H3. The molecule has 6 nitrogen and oxygen atoms in total. The third-order valence-electron chi connectivity index (χ3n) is 5.41. The molecule has 0 atom stereocenters. The molecule has 0 aliphatic carbocycles. The third kappa shape index (κ3) is 3.58. The number of anilines is 1. The highest BCUT2D eigenvalue weighted by Gasteiger charge is 2.22. The molecule has 2 heterocycles. The van der Waals surface area contributed by atoms with Crippen molar-refractivity contribution in [2.24, 2.45) is 0 Å². The van der Waals surface area contributed by atoms with Gasteiger partial charge >= 0.3 is 5.69 Å². The number of rotatable bonds is 6. The van der Waals surface area contributed by atoms with E-state index in [4.69, 9.17) is 9.47 Å². The molecule has 0 spiro atoms. The second-order valence-corrected chi connectivity index (χ2v) is 7.05. The van der Waals surface area contributed by atoms with Gasteiger partial charge in [-0.15, -0.1) is 0 Å². The van der Waals surface area contributed by atoms with Crippen molar-refractivity contribution in [3.05, 3.63) is 70.1 Å². The van der Waals surface area contributed by atoms with Crippen LogP contribution in [-0.4, -0.2) is 30.3 Å². The summed E-state index contributed by atoms with van der Waals surface area (Å²) >= 11 is 0. The molecular weight excluding hydrogens is 366 g/mol. The Bertz CT molecular complexity index is 1080.